The standard InChI is InChI=1S/C25H22ClF2N5O2/c1-14-4-2-9-33(20(14)13-31-25-32-19-10-15(26)5-6-21(19)35-25)24(34)22-17(11-16(27)12-18(22)28)23-29-7-3-8-30-23/h3,5-8,10-12,14,20H,2,4,9,13H2,1H3,(H,31,32)/t14-,20-/m1/s1. The molecule has 1 fully saturated rings. The van der Waals surface area contributed by atoms with E-state index in [-0.39, 0.29) is 28.9 Å². The number of halogens is 3. The second-order valence-corrected chi connectivity index (χ2v) is 9.02. The molecule has 1 amide bonds. The Labute approximate surface area is 205 Å². The first-order valence-corrected chi connectivity index (χ1v) is 11.7. The lowest BCUT2D eigenvalue weighted by Crippen LogP contribution is -2.51. The number of rotatable bonds is 5. The molecule has 1 aliphatic rings. The third-order valence-electron chi connectivity index (χ3n) is 6.26. The van der Waals surface area contributed by atoms with E-state index in [1.165, 1.54) is 12.4 Å². The van der Waals surface area contributed by atoms with E-state index in [0.717, 1.165) is 18.9 Å². The molecule has 35 heavy (non-hydrogen) atoms. The summed E-state index contributed by atoms with van der Waals surface area (Å²) in [4.78, 5) is 27.9. The van der Waals surface area contributed by atoms with E-state index in [2.05, 4.69) is 20.3 Å². The quantitative estimate of drug-likeness (QED) is 0.388. The Morgan fingerprint density at radius 2 is 2.03 bits per heavy atom. The van der Waals surface area contributed by atoms with Gasteiger partial charge in [-0.3, -0.25) is 4.79 Å². The number of likely N-dealkylation sites (tertiary alicyclic amines) is 1. The number of aromatic nitrogens is 3. The highest BCUT2D eigenvalue weighted by atomic mass is 35.5. The maximum absolute atomic E-state index is 15.0. The van der Waals surface area contributed by atoms with Gasteiger partial charge in [0.25, 0.3) is 11.9 Å². The monoisotopic (exact) mass is 497 g/mol. The van der Waals surface area contributed by atoms with Crippen molar-refractivity contribution in [2.24, 2.45) is 5.92 Å². The van der Waals surface area contributed by atoms with Crippen LogP contribution in [-0.4, -0.2) is 44.9 Å². The first-order chi connectivity index (χ1) is 16.9. The fraction of sp³-hybridized carbons (Fsp3) is 0.280. The first kappa shape index (κ1) is 23.2. The van der Waals surface area contributed by atoms with E-state index in [9.17, 15) is 9.18 Å². The molecule has 10 heteroatoms. The van der Waals surface area contributed by atoms with Gasteiger partial charge in [0.1, 0.15) is 17.2 Å². The minimum Gasteiger partial charge on any atom is -0.424 e. The molecule has 0 spiro atoms. The lowest BCUT2D eigenvalue weighted by Gasteiger charge is -2.40. The number of anilines is 1. The largest absolute Gasteiger partial charge is 0.424 e. The van der Waals surface area contributed by atoms with Crippen LogP contribution in [0.4, 0.5) is 14.8 Å². The van der Waals surface area contributed by atoms with Gasteiger partial charge in [0.15, 0.2) is 11.4 Å². The van der Waals surface area contributed by atoms with Crippen LogP contribution in [0, 0.1) is 17.6 Å². The highest BCUT2D eigenvalue weighted by Gasteiger charge is 2.35. The van der Waals surface area contributed by atoms with Crippen LogP contribution in [0.3, 0.4) is 0 Å². The fourth-order valence-corrected chi connectivity index (χ4v) is 4.70. The predicted molar refractivity (Wildman–Crippen MR) is 128 cm³/mol. The van der Waals surface area contributed by atoms with Gasteiger partial charge in [0.2, 0.25) is 0 Å². The summed E-state index contributed by atoms with van der Waals surface area (Å²) in [6, 6.07) is 8.58. The molecule has 1 saturated heterocycles. The molecular weight excluding hydrogens is 476 g/mol. The second-order valence-electron chi connectivity index (χ2n) is 8.58. The summed E-state index contributed by atoms with van der Waals surface area (Å²) in [6.07, 6.45) is 4.59. The van der Waals surface area contributed by atoms with Crippen LogP contribution in [0.25, 0.3) is 22.5 Å². The highest BCUT2D eigenvalue weighted by Crippen LogP contribution is 2.31. The molecule has 1 N–H and O–H groups in total. The van der Waals surface area contributed by atoms with Gasteiger partial charge in [-0.1, -0.05) is 18.5 Å². The third-order valence-corrected chi connectivity index (χ3v) is 6.50. The Morgan fingerprint density at radius 3 is 2.83 bits per heavy atom. The minimum absolute atomic E-state index is 0.0221. The molecule has 0 saturated carbocycles. The van der Waals surface area contributed by atoms with Crippen molar-refractivity contribution in [2.45, 2.75) is 25.8 Å². The molecule has 1 aliphatic heterocycles. The summed E-state index contributed by atoms with van der Waals surface area (Å²) in [6.45, 7) is 2.82. The van der Waals surface area contributed by atoms with E-state index < -0.39 is 17.5 Å². The SMILES string of the molecule is C[C@@H]1CCCN(C(=O)c2c(F)cc(F)cc2-c2ncccn2)[C@@H]1CNc1nc2cc(Cl)ccc2o1. The molecule has 2 aromatic heterocycles. The number of nitrogens with one attached hydrogen (secondary N) is 1. The smallest absolute Gasteiger partial charge is 0.295 e. The number of hydrogen-bond donors (Lipinski definition) is 1. The number of benzene rings is 2. The molecule has 7 nitrogen and oxygen atoms in total. The number of carbonyl (C=O) groups is 1. The van der Waals surface area contributed by atoms with Gasteiger partial charge in [-0.2, -0.15) is 4.98 Å². The number of nitrogens with zero attached hydrogens (tertiary/aromatic N) is 4. The van der Waals surface area contributed by atoms with E-state index in [1.54, 1.807) is 29.2 Å². The zero-order valence-electron chi connectivity index (χ0n) is 18.8. The van der Waals surface area contributed by atoms with Crippen molar-refractivity contribution in [1.29, 1.82) is 0 Å². The van der Waals surface area contributed by atoms with Crippen LogP contribution < -0.4 is 5.32 Å². The van der Waals surface area contributed by atoms with E-state index in [4.69, 9.17) is 16.0 Å². The van der Waals surface area contributed by atoms with Crippen molar-refractivity contribution in [1.82, 2.24) is 19.9 Å². The van der Waals surface area contributed by atoms with E-state index in [1.807, 2.05) is 6.92 Å². The fourth-order valence-electron chi connectivity index (χ4n) is 4.53. The van der Waals surface area contributed by atoms with E-state index >= 15 is 4.39 Å². The number of fused-ring (bicyclic) bond motifs is 1. The Hall–Kier alpha value is -3.59. The normalized spacial score (nSPS) is 18.1. The van der Waals surface area contributed by atoms with Crippen molar-refractivity contribution in [3.05, 3.63) is 71.0 Å². The molecule has 0 bridgehead atoms. The zero-order valence-corrected chi connectivity index (χ0v) is 19.6. The van der Waals surface area contributed by atoms with Gasteiger partial charge in [-0.05, 0) is 49.1 Å². The molecule has 2 atom stereocenters. The van der Waals surface area contributed by atoms with Crippen molar-refractivity contribution in [2.75, 3.05) is 18.4 Å². The predicted octanol–water partition coefficient (Wildman–Crippen LogP) is 5.57. The van der Waals surface area contributed by atoms with Crippen LogP contribution >= 0.6 is 11.6 Å². The Balaban J connectivity index is 1.44. The molecular formula is C25H22ClF2N5O2. The zero-order chi connectivity index (χ0) is 24.5. The van der Waals surface area contributed by atoms with E-state index in [0.29, 0.717) is 41.3 Å². The summed E-state index contributed by atoms with van der Waals surface area (Å²) >= 11 is 6.03. The lowest BCUT2D eigenvalue weighted by molar-refractivity contribution is 0.0535. The molecule has 0 aliphatic carbocycles. The van der Waals surface area contributed by atoms with Gasteiger partial charge >= 0.3 is 0 Å². The molecule has 0 unspecified atom stereocenters. The van der Waals surface area contributed by atoms with Crippen molar-refractivity contribution >= 4 is 34.6 Å². The Bertz CT molecular complexity index is 1380. The van der Waals surface area contributed by atoms with Crippen LogP contribution in [0.2, 0.25) is 5.02 Å². The summed E-state index contributed by atoms with van der Waals surface area (Å²) in [5.41, 5.74) is 0.981. The second kappa shape index (κ2) is 9.58. The number of piperidine rings is 1. The topological polar surface area (TPSA) is 84.2 Å². The van der Waals surface area contributed by atoms with Gasteiger partial charge in [-0.15, -0.1) is 0 Å². The van der Waals surface area contributed by atoms with Crippen LogP contribution in [0.5, 0.6) is 0 Å². The molecule has 3 heterocycles. The molecule has 5 rings (SSSR count). The van der Waals surface area contributed by atoms with Gasteiger partial charge in [0, 0.05) is 42.1 Å². The lowest BCUT2D eigenvalue weighted by atomic mass is 9.89. The molecule has 0 radical (unpaired) electrons. The average molecular weight is 498 g/mol. The van der Waals surface area contributed by atoms with Crippen LogP contribution in [-0.2, 0) is 0 Å². The number of oxazole rings is 1. The maximum Gasteiger partial charge on any atom is 0.295 e. The number of hydrogen-bond acceptors (Lipinski definition) is 6. The Kier molecular flexibility index (Phi) is 6.34. The summed E-state index contributed by atoms with van der Waals surface area (Å²) in [5.74, 6) is -2.08. The molecule has 180 valence electrons. The van der Waals surface area contributed by atoms with Gasteiger partial charge < -0.3 is 14.6 Å². The maximum atomic E-state index is 15.0. The number of amides is 1. The molecule has 2 aromatic carbocycles. The summed E-state index contributed by atoms with van der Waals surface area (Å²) < 4.78 is 34.9. The van der Waals surface area contributed by atoms with Gasteiger partial charge in [-0.25, -0.2) is 18.7 Å². The number of carbonyl (C=O) groups excluding carboxylic acids is 1. The minimum atomic E-state index is -0.946. The Morgan fingerprint density at radius 1 is 1.23 bits per heavy atom. The van der Waals surface area contributed by atoms with Crippen molar-refractivity contribution in [3.8, 4) is 11.4 Å². The van der Waals surface area contributed by atoms with Crippen molar-refractivity contribution in [3.63, 3.8) is 0 Å². The summed E-state index contributed by atoms with van der Waals surface area (Å²) in [5, 5.41) is 3.72. The van der Waals surface area contributed by atoms with Gasteiger partial charge in [0.05, 0.1) is 11.6 Å². The average Bonchev–Trinajstić information content (AvgIpc) is 3.25. The van der Waals surface area contributed by atoms with Crippen LogP contribution in [0.1, 0.15) is 30.1 Å². The highest BCUT2D eigenvalue weighted by molar-refractivity contribution is 6.31. The third kappa shape index (κ3) is 4.68. The summed E-state index contributed by atoms with van der Waals surface area (Å²) in [7, 11) is 0. The molecule has 4 aromatic rings. The van der Waals surface area contributed by atoms with Crippen LogP contribution in [0.15, 0.2) is 53.2 Å². The first-order valence-electron chi connectivity index (χ1n) is 11.3. The van der Waals surface area contributed by atoms with Crippen molar-refractivity contribution < 1.29 is 18.0 Å².